The van der Waals surface area contributed by atoms with Crippen LogP contribution in [-0.2, 0) is 10.0 Å². The predicted octanol–water partition coefficient (Wildman–Crippen LogP) is 4.86. The van der Waals surface area contributed by atoms with Gasteiger partial charge < -0.3 is 0 Å². The van der Waals surface area contributed by atoms with Crippen LogP contribution in [0.15, 0.2) is 62.4 Å². The van der Waals surface area contributed by atoms with Crippen LogP contribution in [0.3, 0.4) is 0 Å². The second kappa shape index (κ2) is 8.24. The van der Waals surface area contributed by atoms with Crippen molar-refractivity contribution in [2.24, 2.45) is 0 Å². The van der Waals surface area contributed by atoms with Crippen LogP contribution in [0.2, 0.25) is 0 Å². The summed E-state index contributed by atoms with van der Waals surface area (Å²) in [5.41, 5.74) is 2.09. The van der Waals surface area contributed by atoms with Gasteiger partial charge in [-0.2, -0.15) is 0 Å². The monoisotopic (exact) mass is 457 g/mol. The molecule has 6 heteroatoms. The van der Waals surface area contributed by atoms with Gasteiger partial charge in [0, 0.05) is 11.0 Å². The van der Waals surface area contributed by atoms with E-state index in [-0.39, 0.29) is 4.90 Å². The Kier molecular flexibility index (Phi) is 6.59. The van der Waals surface area contributed by atoms with Crippen molar-refractivity contribution in [2.45, 2.75) is 18.2 Å². The van der Waals surface area contributed by atoms with Crippen LogP contribution in [0.1, 0.15) is 17.5 Å². The third kappa shape index (κ3) is 5.88. The molecule has 0 fully saturated rings. The van der Waals surface area contributed by atoms with Crippen molar-refractivity contribution >= 4 is 48.0 Å². The van der Waals surface area contributed by atoms with Crippen LogP contribution in [0.4, 0.5) is 0 Å². The van der Waals surface area contributed by atoms with E-state index in [1.54, 1.807) is 24.3 Å². The van der Waals surface area contributed by atoms with Crippen molar-refractivity contribution < 1.29 is 8.42 Å². The molecule has 0 heterocycles. The molecule has 0 saturated carbocycles. The Morgan fingerprint density at radius 1 is 1.09 bits per heavy atom. The summed E-state index contributed by atoms with van der Waals surface area (Å²) in [5, 5.41) is 0. The number of rotatable bonds is 6. The number of aryl methyl sites for hydroxylation is 1. The van der Waals surface area contributed by atoms with E-state index < -0.39 is 10.0 Å². The molecule has 3 nitrogen and oxygen atoms in total. The fourth-order valence-electron chi connectivity index (χ4n) is 1.92. The van der Waals surface area contributed by atoms with Gasteiger partial charge in [0.15, 0.2) is 0 Å². The Morgan fingerprint density at radius 2 is 1.70 bits per heavy atom. The lowest BCUT2D eigenvalue weighted by Gasteiger charge is -2.07. The van der Waals surface area contributed by atoms with Crippen molar-refractivity contribution in [3.05, 3.63) is 68.6 Å². The largest absolute Gasteiger partial charge is 0.240 e. The third-order valence-corrected chi connectivity index (χ3v) is 5.81. The molecule has 0 aliphatic heterocycles. The summed E-state index contributed by atoms with van der Waals surface area (Å²) in [6.45, 7) is 2.26. The highest BCUT2D eigenvalue weighted by molar-refractivity contribution is 9.11. The lowest BCUT2D eigenvalue weighted by Crippen LogP contribution is -2.24. The van der Waals surface area contributed by atoms with Gasteiger partial charge in [-0.3, -0.25) is 0 Å². The van der Waals surface area contributed by atoms with Gasteiger partial charge in [0.2, 0.25) is 10.0 Å². The smallest absolute Gasteiger partial charge is 0.211 e. The molecule has 0 saturated heterocycles. The first-order valence-electron chi connectivity index (χ1n) is 7.05. The first kappa shape index (κ1) is 18.4. The van der Waals surface area contributed by atoms with E-state index in [1.165, 1.54) is 0 Å². The second-order valence-electron chi connectivity index (χ2n) is 5.10. The van der Waals surface area contributed by atoms with E-state index in [4.69, 9.17) is 0 Å². The molecule has 0 amide bonds. The van der Waals surface area contributed by atoms with Gasteiger partial charge in [0.1, 0.15) is 0 Å². The number of sulfonamides is 1. The van der Waals surface area contributed by atoms with Crippen LogP contribution in [0.5, 0.6) is 0 Å². The van der Waals surface area contributed by atoms with Crippen LogP contribution in [0, 0.1) is 6.92 Å². The summed E-state index contributed by atoms with van der Waals surface area (Å²) in [4.78, 5) is 0.288. The lowest BCUT2D eigenvalue weighted by atomic mass is 10.2. The van der Waals surface area contributed by atoms with E-state index in [2.05, 4.69) is 36.6 Å². The normalized spacial score (nSPS) is 12.4. The Labute approximate surface area is 154 Å². The van der Waals surface area contributed by atoms with Crippen molar-refractivity contribution in [1.29, 1.82) is 0 Å². The molecule has 122 valence electrons. The molecular formula is C17H17Br2NO2S. The summed E-state index contributed by atoms with van der Waals surface area (Å²) in [6, 6.07) is 14.7. The van der Waals surface area contributed by atoms with Crippen molar-refractivity contribution in [3.63, 3.8) is 0 Å². The summed E-state index contributed by atoms with van der Waals surface area (Å²) in [6.07, 6.45) is 2.56. The predicted molar refractivity (Wildman–Crippen MR) is 102 cm³/mol. The third-order valence-electron chi connectivity index (χ3n) is 3.18. The topological polar surface area (TPSA) is 46.2 Å². The fourth-order valence-corrected chi connectivity index (χ4v) is 3.68. The van der Waals surface area contributed by atoms with Crippen molar-refractivity contribution in [1.82, 2.24) is 4.72 Å². The number of halogens is 2. The summed E-state index contributed by atoms with van der Waals surface area (Å²) in [7, 11) is -3.46. The molecule has 2 aromatic rings. The molecule has 0 aliphatic rings. The van der Waals surface area contributed by atoms with Crippen LogP contribution < -0.4 is 4.72 Å². The molecule has 23 heavy (non-hydrogen) atoms. The standard InChI is InChI=1S/C17H17Br2NO2S/c1-13-2-8-17(9-3-13)23(21,22)20-11-10-16(19)12-14-4-6-15(18)7-5-14/h2-9,12,20H,10-11H2,1H3/b16-12-. The van der Waals surface area contributed by atoms with E-state index in [1.807, 2.05) is 37.3 Å². The van der Waals surface area contributed by atoms with E-state index >= 15 is 0 Å². The molecule has 0 bridgehead atoms. The quantitative estimate of drug-likeness (QED) is 0.671. The molecule has 0 aliphatic carbocycles. The number of hydrogen-bond donors (Lipinski definition) is 1. The van der Waals surface area contributed by atoms with E-state index in [9.17, 15) is 8.42 Å². The highest BCUT2D eigenvalue weighted by Crippen LogP contribution is 2.18. The van der Waals surface area contributed by atoms with Crippen molar-refractivity contribution in [2.75, 3.05) is 6.54 Å². The van der Waals surface area contributed by atoms with Crippen LogP contribution in [-0.4, -0.2) is 15.0 Å². The summed E-state index contributed by atoms with van der Waals surface area (Å²) < 4.78 is 28.9. The molecular weight excluding hydrogens is 442 g/mol. The zero-order valence-corrected chi connectivity index (χ0v) is 16.6. The number of hydrogen-bond acceptors (Lipinski definition) is 2. The molecule has 0 atom stereocenters. The average Bonchev–Trinajstić information content (AvgIpc) is 2.50. The Bertz CT molecular complexity index is 782. The minimum Gasteiger partial charge on any atom is -0.211 e. The molecule has 0 radical (unpaired) electrons. The van der Waals surface area contributed by atoms with E-state index in [0.717, 1.165) is 20.1 Å². The number of benzene rings is 2. The Morgan fingerprint density at radius 3 is 2.30 bits per heavy atom. The zero-order chi connectivity index (χ0) is 16.9. The minimum absolute atomic E-state index is 0.288. The van der Waals surface area contributed by atoms with Gasteiger partial charge in [-0.1, -0.05) is 61.7 Å². The lowest BCUT2D eigenvalue weighted by molar-refractivity contribution is 0.582. The van der Waals surface area contributed by atoms with Gasteiger partial charge >= 0.3 is 0 Å². The Hall–Kier alpha value is -0.950. The van der Waals surface area contributed by atoms with E-state index in [0.29, 0.717) is 13.0 Å². The maximum Gasteiger partial charge on any atom is 0.240 e. The highest BCUT2D eigenvalue weighted by Gasteiger charge is 2.12. The van der Waals surface area contributed by atoms with Crippen LogP contribution >= 0.6 is 31.9 Å². The number of nitrogens with one attached hydrogen (secondary N) is 1. The van der Waals surface area contributed by atoms with Gasteiger partial charge in [0.25, 0.3) is 0 Å². The highest BCUT2D eigenvalue weighted by atomic mass is 79.9. The average molecular weight is 459 g/mol. The molecule has 0 aromatic heterocycles. The zero-order valence-electron chi connectivity index (χ0n) is 12.6. The van der Waals surface area contributed by atoms with Crippen LogP contribution in [0.25, 0.3) is 6.08 Å². The molecule has 2 rings (SSSR count). The SMILES string of the molecule is Cc1ccc(S(=O)(=O)NCC/C(Br)=C/c2ccc(Br)cc2)cc1. The molecule has 2 aromatic carbocycles. The summed E-state index contributed by atoms with van der Waals surface area (Å²) >= 11 is 6.87. The molecule has 0 unspecified atom stereocenters. The van der Waals surface area contributed by atoms with Gasteiger partial charge in [-0.15, -0.1) is 0 Å². The van der Waals surface area contributed by atoms with Gasteiger partial charge in [-0.05, 0) is 53.7 Å². The second-order valence-corrected chi connectivity index (χ2v) is 8.80. The van der Waals surface area contributed by atoms with Gasteiger partial charge in [-0.25, -0.2) is 13.1 Å². The minimum atomic E-state index is -3.46. The first-order chi connectivity index (χ1) is 10.9. The maximum absolute atomic E-state index is 12.2. The fraction of sp³-hybridized carbons (Fsp3) is 0.176. The first-order valence-corrected chi connectivity index (χ1v) is 10.1. The maximum atomic E-state index is 12.2. The Balaban J connectivity index is 1.93. The van der Waals surface area contributed by atoms with Gasteiger partial charge in [0.05, 0.1) is 4.90 Å². The van der Waals surface area contributed by atoms with Crippen molar-refractivity contribution in [3.8, 4) is 0 Å². The molecule has 1 N–H and O–H groups in total. The molecule has 0 spiro atoms. The summed E-state index contributed by atoms with van der Waals surface area (Å²) in [5.74, 6) is 0.